The Balaban J connectivity index is 1.49. The minimum atomic E-state index is -0.362. The molecule has 0 radical (unpaired) electrons. The molecule has 3 heterocycles. The minimum absolute atomic E-state index is 0.0536. The summed E-state index contributed by atoms with van der Waals surface area (Å²) in [5.74, 6) is 0.0536. The second-order valence-corrected chi connectivity index (χ2v) is 9.49. The maximum Gasteiger partial charge on any atom is 0.347 e. The van der Waals surface area contributed by atoms with E-state index in [1.165, 1.54) is 22.7 Å². The lowest BCUT2D eigenvalue weighted by Gasteiger charge is -2.51. The van der Waals surface area contributed by atoms with Gasteiger partial charge in [-0.2, -0.15) is 0 Å². The topological polar surface area (TPSA) is 58.4 Å². The molecule has 1 aliphatic carbocycles. The van der Waals surface area contributed by atoms with Gasteiger partial charge in [-0.3, -0.25) is 14.3 Å². The summed E-state index contributed by atoms with van der Waals surface area (Å²) in [6, 6.07) is 13.5. The molecule has 0 spiro atoms. The van der Waals surface area contributed by atoms with E-state index in [-0.39, 0.29) is 35.6 Å². The van der Waals surface area contributed by atoms with E-state index in [1.54, 1.807) is 12.3 Å². The van der Waals surface area contributed by atoms with Crippen molar-refractivity contribution in [3.05, 3.63) is 64.8 Å². The molecule has 2 saturated heterocycles. The number of amides is 1. The largest absolute Gasteiger partial charge is 0.347 e. The van der Waals surface area contributed by atoms with E-state index >= 15 is 0 Å². The molecule has 1 aromatic heterocycles. The molecule has 1 saturated carbocycles. The maximum atomic E-state index is 13.6. The molecule has 158 valence electrons. The summed E-state index contributed by atoms with van der Waals surface area (Å²) in [6.07, 6.45) is 8.54. The van der Waals surface area contributed by atoms with Gasteiger partial charge in [0, 0.05) is 42.0 Å². The van der Waals surface area contributed by atoms with Crippen LogP contribution >= 0.6 is 0 Å². The van der Waals surface area contributed by atoms with Gasteiger partial charge in [-0.15, -0.1) is 0 Å². The molecule has 2 aliphatic heterocycles. The molecule has 0 unspecified atom stereocenters. The predicted molar refractivity (Wildman–Crippen MR) is 115 cm³/mol. The number of benzene rings is 1. The quantitative estimate of drug-likeness (QED) is 0.782. The average Bonchev–Trinajstić information content (AvgIpc) is 3.05. The third kappa shape index (κ3) is 3.00. The zero-order valence-corrected chi connectivity index (χ0v) is 17.8. The number of hydrogen-bond acceptors (Lipinski definition) is 4. The summed E-state index contributed by atoms with van der Waals surface area (Å²) in [5.41, 5.74) is 1.08. The first-order chi connectivity index (χ1) is 14.5. The zero-order chi connectivity index (χ0) is 20.9. The van der Waals surface area contributed by atoms with Crippen molar-refractivity contribution in [2.45, 2.75) is 69.7 Å². The second-order valence-electron chi connectivity index (χ2n) is 9.49. The molecule has 3 aliphatic rings. The van der Waals surface area contributed by atoms with Crippen LogP contribution in [0.15, 0.2) is 53.6 Å². The monoisotopic (exact) mass is 406 g/mol. The fourth-order valence-corrected chi connectivity index (χ4v) is 6.62. The van der Waals surface area contributed by atoms with Crippen molar-refractivity contribution in [3.63, 3.8) is 0 Å². The van der Waals surface area contributed by atoms with Gasteiger partial charge in [0.15, 0.2) is 0 Å². The molecule has 1 aromatic carbocycles. The highest BCUT2D eigenvalue weighted by Gasteiger charge is 2.62. The minimum Gasteiger partial charge on any atom is -0.333 e. The lowest BCUT2D eigenvalue weighted by molar-refractivity contribution is -0.136. The van der Waals surface area contributed by atoms with Gasteiger partial charge in [0.2, 0.25) is 5.91 Å². The molecule has 3 fully saturated rings. The van der Waals surface area contributed by atoms with Crippen molar-refractivity contribution in [2.24, 2.45) is 5.41 Å². The number of carbonyl (C=O) groups is 1. The molecule has 2 bridgehead atoms. The van der Waals surface area contributed by atoms with Gasteiger partial charge < -0.3 is 4.90 Å². The van der Waals surface area contributed by atoms with E-state index in [1.807, 2.05) is 0 Å². The Kier molecular flexibility index (Phi) is 4.77. The highest BCUT2D eigenvalue weighted by molar-refractivity contribution is 5.77. The van der Waals surface area contributed by atoms with Crippen LogP contribution in [-0.2, 0) is 17.8 Å². The van der Waals surface area contributed by atoms with Gasteiger partial charge in [0.25, 0.3) is 0 Å². The molecule has 1 amide bonds. The summed E-state index contributed by atoms with van der Waals surface area (Å²) < 4.78 is 1.43. The van der Waals surface area contributed by atoms with Crippen LogP contribution in [0, 0.1) is 5.41 Å². The second kappa shape index (κ2) is 7.34. The summed E-state index contributed by atoms with van der Waals surface area (Å²) in [7, 11) is 2.25. The highest BCUT2D eigenvalue weighted by Crippen LogP contribution is 2.56. The Bertz CT molecular complexity index is 990. The third-order valence-electron chi connectivity index (χ3n) is 7.94. The number of aromatic nitrogens is 2. The number of carbonyl (C=O) groups excluding carboxylic acids is 1. The van der Waals surface area contributed by atoms with Crippen LogP contribution in [-0.4, -0.2) is 56.5 Å². The Morgan fingerprint density at radius 3 is 2.70 bits per heavy atom. The average molecular weight is 407 g/mol. The molecular formula is C24H30N4O2. The number of nitrogens with zero attached hydrogens (tertiary/aromatic N) is 4. The van der Waals surface area contributed by atoms with Crippen molar-refractivity contribution in [1.82, 2.24) is 19.4 Å². The van der Waals surface area contributed by atoms with Crippen molar-refractivity contribution in [3.8, 4) is 0 Å². The van der Waals surface area contributed by atoms with Crippen LogP contribution in [0.2, 0.25) is 0 Å². The Labute approximate surface area is 177 Å². The van der Waals surface area contributed by atoms with E-state index in [9.17, 15) is 9.59 Å². The molecule has 5 rings (SSSR count). The van der Waals surface area contributed by atoms with Crippen LogP contribution in [0.25, 0.3) is 0 Å². The highest BCUT2D eigenvalue weighted by atomic mass is 16.2. The Morgan fingerprint density at radius 2 is 1.93 bits per heavy atom. The van der Waals surface area contributed by atoms with E-state index < -0.39 is 0 Å². The van der Waals surface area contributed by atoms with Crippen molar-refractivity contribution < 1.29 is 4.79 Å². The Hall–Kier alpha value is -2.47. The lowest BCUT2D eigenvalue weighted by Crippen LogP contribution is -2.59. The predicted octanol–water partition coefficient (Wildman–Crippen LogP) is 2.33. The first-order valence-electron chi connectivity index (χ1n) is 11.1. The standard InChI is InChI=1S/C24H30N4O2/c1-24-15-19-18(14-17-8-4-3-5-9-17)26(2)20(24)10-6-11-21(24)28(19)22(29)16-27-13-7-12-25-23(27)30/h3-5,7-9,12-13,18-21H,6,10-11,14-16H2,1-2H3/t18-,19+,20-,21+,24-/m1/s1. The number of likely N-dealkylation sites (tertiary alicyclic amines) is 2. The number of piperidine rings is 1. The van der Waals surface area contributed by atoms with E-state index in [4.69, 9.17) is 0 Å². The zero-order valence-electron chi connectivity index (χ0n) is 17.8. The van der Waals surface area contributed by atoms with Gasteiger partial charge in [-0.1, -0.05) is 37.3 Å². The number of hydrogen-bond donors (Lipinski definition) is 0. The number of likely N-dealkylation sites (N-methyl/N-ethyl adjacent to an activating group) is 1. The molecule has 30 heavy (non-hydrogen) atoms. The van der Waals surface area contributed by atoms with Gasteiger partial charge in [-0.05, 0) is 50.8 Å². The first-order valence-corrected chi connectivity index (χ1v) is 11.1. The summed E-state index contributed by atoms with van der Waals surface area (Å²) in [5, 5.41) is 0. The summed E-state index contributed by atoms with van der Waals surface area (Å²) in [4.78, 5) is 34.2. The molecule has 6 nitrogen and oxygen atoms in total. The normalized spacial score (nSPS) is 32.9. The van der Waals surface area contributed by atoms with Crippen LogP contribution in [0.3, 0.4) is 0 Å². The fourth-order valence-electron chi connectivity index (χ4n) is 6.62. The van der Waals surface area contributed by atoms with Gasteiger partial charge in [-0.25, -0.2) is 9.78 Å². The SMILES string of the molecule is CN1[C@H](Cc2ccccc2)[C@@H]2C[C@@]3(C)[C@H](CCC[C@@H]13)N2C(=O)Cn1cccnc1=O. The smallest absolute Gasteiger partial charge is 0.333 e. The summed E-state index contributed by atoms with van der Waals surface area (Å²) in [6.45, 7) is 2.45. The third-order valence-corrected chi connectivity index (χ3v) is 7.94. The van der Waals surface area contributed by atoms with Crippen LogP contribution in [0.5, 0.6) is 0 Å². The van der Waals surface area contributed by atoms with Crippen molar-refractivity contribution in [2.75, 3.05) is 7.05 Å². The molecule has 0 N–H and O–H groups in total. The van der Waals surface area contributed by atoms with Crippen molar-refractivity contribution in [1.29, 1.82) is 0 Å². The van der Waals surface area contributed by atoms with E-state index in [2.05, 4.69) is 59.1 Å². The fraction of sp³-hybridized carbons (Fsp3) is 0.542. The van der Waals surface area contributed by atoms with E-state index in [0.29, 0.717) is 12.1 Å². The first kappa shape index (κ1) is 19.5. The molecule has 6 heteroatoms. The van der Waals surface area contributed by atoms with Crippen LogP contribution in [0.1, 0.15) is 38.2 Å². The number of rotatable bonds is 4. The number of fused-ring (bicyclic) bond motifs is 1. The molecule has 2 aromatic rings. The van der Waals surface area contributed by atoms with Gasteiger partial charge in [0.05, 0.1) is 0 Å². The van der Waals surface area contributed by atoms with Crippen LogP contribution < -0.4 is 5.69 Å². The van der Waals surface area contributed by atoms with Gasteiger partial charge in [0.1, 0.15) is 6.54 Å². The summed E-state index contributed by atoms with van der Waals surface area (Å²) >= 11 is 0. The molecular weight excluding hydrogens is 376 g/mol. The maximum absolute atomic E-state index is 13.6. The molecule has 5 atom stereocenters. The lowest BCUT2D eigenvalue weighted by atomic mass is 9.64. The van der Waals surface area contributed by atoms with E-state index in [0.717, 1.165) is 25.7 Å². The van der Waals surface area contributed by atoms with Crippen molar-refractivity contribution >= 4 is 5.91 Å². The van der Waals surface area contributed by atoms with Gasteiger partial charge >= 0.3 is 5.69 Å². The Morgan fingerprint density at radius 1 is 1.17 bits per heavy atom. The van der Waals surface area contributed by atoms with Crippen LogP contribution in [0.4, 0.5) is 0 Å².